The van der Waals surface area contributed by atoms with Crippen LogP contribution in [0, 0.1) is 5.92 Å². The van der Waals surface area contributed by atoms with Crippen molar-refractivity contribution in [3.8, 4) is 0 Å². The smallest absolute Gasteiger partial charge is 0.308 e. The summed E-state index contributed by atoms with van der Waals surface area (Å²) >= 11 is 0. The van der Waals surface area contributed by atoms with Crippen LogP contribution in [0.25, 0.3) is 0 Å². The average molecular weight is 200 g/mol. The number of ether oxygens (including phenoxy) is 2. The van der Waals surface area contributed by atoms with Crippen LogP contribution < -0.4 is 0 Å². The Bertz CT molecular complexity index is 230. The van der Waals surface area contributed by atoms with Gasteiger partial charge in [-0.3, -0.25) is 4.79 Å². The first-order valence-corrected chi connectivity index (χ1v) is 5.08. The SMILES string of the molecule is COC(=O)C1CCC2(CC1)O[C@@H]2CO. The monoisotopic (exact) mass is 200 g/mol. The minimum atomic E-state index is -0.110. The van der Waals surface area contributed by atoms with E-state index in [9.17, 15) is 4.79 Å². The zero-order valence-electron chi connectivity index (χ0n) is 8.36. The van der Waals surface area contributed by atoms with E-state index in [4.69, 9.17) is 14.6 Å². The van der Waals surface area contributed by atoms with Crippen molar-refractivity contribution in [1.29, 1.82) is 0 Å². The molecule has 0 radical (unpaired) electrons. The third-order valence-electron chi connectivity index (χ3n) is 3.44. The Hall–Kier alpha value is -0.610. The maximum atomic E-state index is 11.2. The van der Waals surface area contributed by atoms with Gasteiger partial charge in [-0.1, -0.05) is 0 Å². The third-order valence-corrected chi connectivity index (χ3v) is 3.44. The number of aliphatic hydroxyl groups excluding tert-OH is 1. The van der Waals surface area contributed by atoms with E-state index in [0.717, 1.165) is 25.7 Å². The second kappa shape index (κ2) is 3.51. The number of hydrogen-bond acceptors (Lipinski definition) is 4. The van der Waals surface area contributed by atoms with Crippen LogP contribution in [0.5, 0.6) is 0 Å². The highest BCUT2D eigenvalue weighted by Gasteiger charge is 2.57. The maximum absolute atomic E-state index is 11.2. The first-order chi connectivity index (χ1) is 6.72. The summed E-state index contributed by atoms with van der Waals surface area (Å²) < 4.78 is 10.2. The van der Waals surface area contributed by atoms with Gasteiger partial charge in [0.05, 0.1) is 25.2 Å². The number of methoxy groups -OCH3 is 1. The van der Waals surface area contributed by atoms with Crippen molar-refractivity contribution in [2.45, 2.75) is 37.4 Å². The fraction of sp³-hybridized carbons (Fsp3) is 0.900. The van der Waals surface area contributed by atoms with Crippen molar-refractivity contribution < 1.29 is 19.4 Å². The normalized spacial score (nSPS) is 41.0. The zero-order chi connectivity index (χ0) is 10.2. The molecule has 2 fully saturated rings. The minimum absolute atomic E-state index is 0.0149. The summed E-state index contributed by atoms with van der Waals surface area (Å²) in [5, 5.41) is 8.93. The maximum Gasteiger partial charge on any atom is 0.308 e. The second-order valence-corrected chi connectivity index (χ2v) is 4.15. The highest BCUT2D eigenvalue weighted by molar-refractivity contribution is 5.72. The minimum Gasteiger partial charge on any atom is -0.469 e. The molecule has 0 bridgehead atoms. The summed E-state index contributed by atoms with van der Waals surface area (Å²) in [6.45, 7) is 0.100. The van der Waals surface area contributed by atoms with Crippen molar-refractivity contribution in [3.63, 3.8) is 0 Å². The molecule has 1 saturated heterocycles. The Morgan fingerprint density at radius 3 is 2.64 bits per heavy atom. The van der Waals surface area contributed by atoms with E-state index in [2.05, 4.69) is 0 Å². The van der Waals surface area contributed by atoms with Gasteiger partial charge >= 0.3 is 5.97 Å². The summed E-state index contributed by atoms with van der Waals surface area (Å²) in [7, 11) is 1.43. The molecule has 1 N–H and O–H groups in total. The van der Waals surface area contributed by atoms with Gasteiger partial charge in [0.15, 0.2) is 0 Å². The first-order valence-electron chi connectivity index (χ1n) is 5.08. The Morgan fingerprint density at radius 1 is 1.57 bits per heavy atom. The lowest BCUT2D eigenvalue weighted by molar-refractivity contribution is -0.146. The van der Waals surface area contributed by atoms with Gasteiger partial charge in [0.2, 0.25) is 0 Å². The first kappa shape index (κ1) is 9.93. The molecule has 2 rings (SSSR count). The van der Waals surface area contributed by atoms with E-state index in [1.807, 2.05) is 0 Å². The molecular formula is C10H16O4. The molecular weight excluding hydrogens is 184 g/mol. The molecule has 1 saturated carbocycles. The van der Waals surface area contributed by atoms with E-state index in [-0.39, 0.29) is 30.2 Å². The van der Waals surface area contributed by atoms with Gasteiger partial charge in [-0.2, -0.15) is 0 Å². The topological polar surface area (TPSA) is 59.1 Å². The highest BCUT2D eigenvalue weighted by Crippen LogP contribution is 2.49. The zero-order valence-corrected chi connectivity index (χ0v) is 8.36. The lowest BCUT2D eigenvalue weighted by Gasteiger charge is -2.24. The predicted molar refractivity (Wildman–Crippen MR) is 48.7 cm³/mol. The molecule has 0 amide bonds. The molecule has 0 aromatic rings. The van der Waals surface area contributed by atoms with Crippen LogP contribution in [0.3, 0.4) is 0 Å². The fourth-order valence-corrected chi connectivity index (χ4v) is 2.40. The molecule has 80 valence electrons. The highest BCUT2D eigenvalue weighted by atomic mass is 16.6. The molecule has 14 heavy (non-hydrogen) atoms. The number of rotatable bonds is 2. The molecule has 4 heteroatoms. The van der Waals surface area contributed by atoms with Gasteiger partial charge in [0, 0.05) is 0 Å². The molecule has 4 nitrogen and oxygen atoms in total. The fourth-order valence-electron chi connectivity index (χ4n) is 2.40. The van der Waals surface area contributed by atoms with E-state index >= 15 is 0 Å². The standard InChI is InChI=1S/C10H16O4/c1-13-9(12)7-2-4-10(5-3-7)8(6-11)14-10/h7-8,11H,2-6H2,1H3/t7?,8-,10?/m1/s1. The lowest BCUT2D eigenvalue weighted by atomic mass is 9.80. The van der Waals surface area contributed by atoms with E-state index in [1.165, 1.54) is 7.11 Å². The number of carbonyl (C=O) groups is 1. The summed E-state index contributed by atoms with van der Waals surface area (Å²) in [5.41, 5.74) is -0.0979. The quantitative estimate of drug-likeness (QED) is 0.520. The Kier molecular flexibility index (Phi) is 2.49. The van der Waals surface area contributed by atoms with E-state index in [0.29, 0.717) is 0 Å². The number of hydrogen-bond donors (Lipinski definition) is 1. The third kappa shape index (κ3) is 1.53. The lowest BCUT2D eigenvalue weighted by Crippen LogP contribution is -2.29. The number of epoxide rings is 1. The van der Waals surface area contributed by atoms with E-state index in [1.54, 1.807) is 0 Å². The Labute approximate surface area is 83.2 Å². The van der Waals surface area contributed by atoms with Gasteiger partial charge in [0.25, 0.3) is 0 Å². The molecule has 2 aliphatic rings. The summed E-state index contributed by atoms with van der Waals surface area (Å²) in [5.74, 6) is -0.0739. The van der Waals surface area contributed by atoms with Crippen molar-refractivity contribution >= 4 is 5.97 Å². The second-order valence-electron chi connectivity index (χ2n) is 4.15. The van der Waals surface area contributed by atoms with Gasteiger partial charge in [-0.05, 0) is 25.7 Å². The average Bonchev–Trinajstić information content (AvgIpc) is 2.91. The number of carbonyl (C=O) groups excluding carboxylic acids is 1. The molecule has 1 aliphatic heterocycles. The molecule has 0 unspecified atom stereocenters. The molecule has 1 aliphatic carbocycles. The molecule has 0 aromatic heterocycles. The Morgan fingerprint density at radius 2 is 2.21 bits per heavy atom. The summed E-state index contributed by atoms with van der Waals surface area (Å²) in [6, 6.07) is 0. The predicted octanol–water partition coefficient (Wildman–Crippen LogP) is 0.479. The van der Waals surface area contributed by atoms with Crippen molar-refractivity contribution in [2.75, 3.05) is 13.7 Å². The number of esters is 1. The van der Waals surface area contributed by atoms with Crippen LogP contribution in [-0.2, 0) is 14.3 Å². The molecule has 1 heterocycles. The van der Waals surface area contributed by atoms with Crippen molar-refractivity contribution in [3.05, 3.63) is 0 Å². The van der Waals surface area contributed by atoms with Crippen LogP contribution >= 0.6 is 0 Å². The van der Waals surface area contributed by atoms with Gasteiger partial charge in [-0.25, -0.2) is 0 Å². The summed E-state index contributed by atoms with van der Waals surface area (Å²) in [4.78, 5) is 11.2. The van der Waals surface area contributed by atoms with Gasteiger partial charge in [0.1, 0.15) is 6.10 Å². The number of aliphatic hydroxyl groups is 1. The largest absolute Gasteiger partial charge is 0.469 e. The van der Waals surface area contributed by atoms with Crippen molar-refractivity contribution in [2.24, 2.45) is 5.92 Å². The van der Waals surface area contributed by atoms with Crippen LogP contribution in [-0.4, -0.2) is 36.5 Å². The summed E-state index contributed by atoms with van der Waals surface area (Å²) in [6.07, 6.45) is 3.41. The Balaban J connectivity index is 1.84. The van der Waals surface area contributed by atoms with Crippen LogP contribution in [0.1, 0.15) is 25.7 Å². The van der Waals surface area contributed by atoms with Crippen LogP contribution in [0.2, 0.25) is 0 Å². The molecule has 1 atom stereocenters. The van der Waals surface area contributed by atoms with Crippen molar-refractivity contribution in [1.82, 2.24) is 0 Å². The van der Waals surface area contributed by atoms with Gasteiger partial charge in [-0.15, -0.1) is 0 Å². The van der Waals surface area contributed by atoms with Crippen LogP contribution in [0.15, 0.2) is 0 Å². The van der Waals surface area contributed by atoms with Gasteiger partial charge < -0.3 is 14.6 Å². The van der Waals surface area contributed by atoms with Crippen LogP contribution in [0.4, 0.5) is 0 Å². The molecule has 0 aromatic carbocycles. The molecule has 1 spiro atoms. The van der Waals surface area contributed by atoms with E-state index < -0.39 is 0 Å².